The number of nitrogens with one attached hydrogen (secondary N) is 2. The summed E-state index contributed by atoms with van der Waals surface area (Å²) in [7, 11) is 1.45. The van der Waals surface area contributed by atoms with Crippen molar-refractivity contribution in [3.63, 3.8) is 0 Å². The van der Waals surface area contributed by atoms with Gasteiger partial charge in [0.2, 0.25) is 5.91 Å². The van der Waals surface area contributed by atoms with E-state index in [2.05, 4.69) is 10.3 Å². The molecule has 0 saturated carbocycles. The number of hydrogen-bond donors (Lipinski definition) is 2. The maximum absolute atomic E-state index is 12.7. The highest BCUT2D eigenvalue weighted by Gasteiger charge is 2.21. The third-order valence-electron chi connectivity index (χ3n) is 4.06. The topological polar surface area (TPSA) is 108 Å². The van der Waals surface area contributed by atoms with E-state index < -0.39 is 16.7 Å². The monoisotopic (exact) mass is 420 g/mol. The Morgan fingerprint density at radius 2 is 1.89 bits per heavy atom. The van der Waals surface area contributed by atoms with E-state index in [9.17, 15) is 19.7 Å². The standard InChI is InChI=1S/C18H14Cl2N4O4/c1-23(9-16(25)22-17-13(19)3-2-4-14(17)20)18(26)12-8-21-15-6-5-10(24(27)28)7-11(12)15/h2-8,21H,9H2,1H3,(H,22,25). The molecule has 0 aliphatic rings. The Hall–Kier alpha value is -3.10. The number of rotatable bonds is 5. The summed E-state index contributed by atoms with van der Waals surface area (Å²) >= 11 is 12.0. The summed E-state index contributed by atoms with van der Waals surface area (Å²) < 4.78 is 0. The van der Waals surface area contributed by atoms with E-state index in [1.165, 1.54) is 36.3 Å². The SMILES string of the molecule is CN(CC(=O)Nc1c(Cl)cccc1Cl)C(=O)c1c[nH]c2ccc([N+](=O)[O-])cc12. The molecule has 0 bridgehead atoms. The van der Waals surface area contributed by atoms with E-state index in [4.69, 9.17) is 23.2 Å². The summed E-state index contributed by atoms with van der Waals surface area (Å²) in [6, 6.07) is 8.99. The van der Waals surface area contributed by atoms with Crippen molar-refractivity contribution in [2.45, 2.75) is 0 Å². The fraction of sp³-hybridized carbons (Fsp3) is 0.111. The van der Waals surface area contributed by atoms with Crippen LogP contribution in [0.2, 0.25) is 10.0 Å². The Bertz CT molecular complexity index is 1080. The predicted octanol–water partition coefficient (Wildman–Crippen LogP) is 4.09. The van der Waals surface area contributed by atoms with Crippen LogP contribution < -0.4 is 5.32 Å². The maximum atomic E-state index is 12.7. The van der Waals surface area contributed by atoms with E-state index in [1.54, 1.807) is 18.2 Å². The summed E-state index contributed by atoms with van der Waals surface area (Å²) in [4.78, 5) is 39.5. The average Bonchev–Trinajstić information content (AvgIpc) is 3.07. The molecule has 0 radical (unpaired) electrons. The normalized spacial score (nSPS) is 10.7. The highest BCUT2D eigenvalue weighted by Crippen LogP contribution is 2.30. The van der Waals surface area contributed by atoms with Crippen LogP contribution in [-0.4, -0.2) is 40.2 Å². The lowest BCUT2D eigenvalue weighted by atomic mass is 10.1. The van der Waals surface area contributed by atoms with Gasteiger partial charge in [0.05, 0.1) is 32.8 Å². The van der Waals surface area contributed by atoms with Gasteiger partial charge in [0.25, 0.3) is 11.6 Å². The molecule has 8 nitrogen and oxygen atoms in total. The number of halogens is 2. The third-order valence-corrected chi connectivity index (χ3v) is 4.69. The molecule has 0 spiro atoms. The van der Waals surface area contributed by atoms with Gasteiger partial charge in [-0.15, -0.1) is 0 Å². The minimum absolute atomic E-state index is 0.130. The molecule has 2 amide bonds. The van der Waals surface area contributed by atoms with Crippen molar-refractivity contribution < 1.29 is 14.5 Å². The second kappa shape index (κ2) is 7.87. The largest absolute Gasteiger partial charge is 0.360 e. The van der Waals surface area contributed by atoms with Crippen molar-refractivity contribution in [3.05, 3.63) is 68.3 Å². The van der Waals surface area contributed by atoms with Gasteiger partial charge in [-0.3, -0.25) is 19.7 Å². The molecule has 2 N–H and O–H groups in total. The Kier molecular flexibility index (Phi) is 5.53. The Balaban J connectivity index is 1.77. The fourth-order valence-corrected chi connectivity index (χ4v) is 3.18. The fourth-order valence-electron chi connectivity index (χ4n) is 2.69. The number of amides is 2. The van der Waals surface area contributed by atoms with Gasteiger partial charge in [-0.1, -0.05) is 29.3 Å². The molecular formula is C18H14Cl2N4O4. The number of H-pyrrole nitrogens is 1. The minimum Gasteiger partial charge on any atom is -0.360 e. The second-order valence-electron chi connectivity index (χ2n) is 6.00. The number of para-hydroxylation sites is 1. The van der Waals surface area contributed by atoms with Crippen LogP contribution >= 0.6 is 23.2 Å². The van der Waals surface area contributed by atoms with Crippen molar-refractivity contribution in [3.8, 4) is 0 Å². The number of aromatic nitrogens is 1. The smallest absolute Gasteiger partial charge is 0.270 e. The molecule has 0 atom stereocenters. The summed E-state index contributed by atoms with van der Waals surface area (Å²) in [5.41, 5.74) is 0.939. The third kappa shape index (κ3) is 3.92. The zero-order chi connectivity index (χ0) is 20.4. The van der Waals surface area contributed by atoms with Crippen LogP contribution in [0.4, 0.5) is 11.4 Å². The van der Waals surface area contributed by atoms with Crippen molar-refractivity contribution in [2.24, 2.45) is 0 Å². The number of hydrogen-bond acceptors (Lipinski definition) is 4. The van der Waals surface area contributed by atoms with Crippen LogP contribution in [-0.2, 0) is 4.79 Å². The van der Waals surface area contributed by atoms with Crippen LogP contribution in [0.25, 0.3) is 10.9 Å². The average molecular weight is 421 g/mol. The molecule has 3 aromatic rings. The van der Waals surface area contributed by atoms with Crippen molar-refractivity contribution in [1.82, 2.24) is 9.88 Å². The number of benzene rings is 2. The molecule has 144 valence electrons. The zero-order valence-corrected chi connectivity index (χ0v) is 16.0. The van der Waals surface area contributed by atoms with Gasteiger partial charge in [-0.2, -0.15) is 0 Å². The molecule has 1 aromatic heterocycles. The molecule has 0 saturated heterocycles. The quantitative estimate of drug-likeness (QED) is 0.478. The molecule has 3 rings (SSSR count). The number of nitrogens with zero attached hydrogens (tertiary/aromatic N) is 2. The van der Waals surface area contributed by atoms with Crippen molar-refractivity contribution in [1.29, 1.82) is 0 Å². The van der Waals surface area contributed by atoms with Crippen LogP contribution in [0.1, 0.15) is 10.4 Å². The minimum atomic E-state index is -0.537. The van der Waals surface area contributed by atoms with Crippen LogP contribution in [0.3, 0.4) is 0 Å². The van der Waals surface area contributed by atoms with Gasteiger partial charge in [0, 0.05) is 36.3 Å². The van der Waals surface area contributed by atoms with E-state index in [-0.39, 0.29) is 33.5 Å². The highest BCUT2D eigenvalue weighted by molar-refractivity contribution is 6.39. The first kappa shape index (κ1) is 19.7. The predicted molar refractivity (Wildman–Crippen MR) is 107 cm³/mol. The van der Waals surface area contributed by atoms with Crippen molar-refractivity contribution in [2.75, 3.05) is 18.9 Å². The first-order chi connectivity index (χ1) is 13.3. The number of anilines is 1. The molecule has 28 heavy (non-hydrogen) atoms. The number of likely N-dealkylation sites (N-methyl/N-ethyl adjacent to an activating group) is 1. The lowest BCUT2D eigenvalue weighted by molar-refractivity contribution is -0.384. The van der Waals surface area contributed by atoms with Gasteiger partial charge >= 0.3 is 0 Å². The first-order valence-electron chi connectivity index (χ1n) is 8.02. The van der Waals surface area contributed by atoms with E-state index in [0.29, 0.717) is 10.9 Å². The second-order valence-corrected chi connectivity index (χ2v) is 6.81. The molecule has 1 heterocycles. The van der Waals surface area contributed by atoms with Crippen LogP contribution in [0.15, 0.2) is 42.6 Å². The number of non-ortho nitro benzene ring substituents is 1. The Labute approximate surface area is 169 Å². The summed E-state index contributed by atoms with van der Waals surface area (Å²) in [6.45, 7) is -0.262. The van der Waals surface area contributed by atoms with E-state index in [1.807, 2.05) is 0 Å². The number of nitro benzene ring substituents is 1. The molecule has 10 heteroatoms. The lowest BCUT2D eigenvalue weighted by Gasteiger charge is -2.17. The number of carbonyl (C=O) groups is 2. The molecule has 0 aliphatic carbocycles. The van der Waals surface area contributed by atoms with Gasteiger partial charge < -0.3 is 15.2 Å². The highest BCUT2D eigenvalue weighted by atomic mass is 35.5. The van der Waals surface area contributed by atoms with Gasteiger partial charge in [0.1, 0.15) is 0 Å². The molecule has 0 aliphatic heterocycles. The summed E-state index contributed by atoms with van der Waals surface area (Å²) in [5, 5.41) is 14.5. The van der Waals surface area contributed by atoms with Gasteiger partial charge in [-0.25, -0.2) is 0 Å². The van der Waals surface area contributed by atoms with Gasteiger partial charge in [-0.05, 0) is 18.2 Å². The van der Waals surface area contributed by atoms with E-state index >= 15 is 0 Å². The van der Waals surface area contributed by atoms with Crippen LogP contribution in [0, 0.1) is 10.1 Å². The number of aromatic amines is 1. The first-order valence-corrected chi connectivity index (χ1v) is 8.78. The van der Waals surface area contributed by atoms with E-state index in [0.717, 1.165) is 0 Å². The lowest BCUT2D eigenvalue weighted by Crippen LogP contribution is -2.35. The number of nitro groups is 1. The summed E-state index contributed by atoms with van der Waals surface area (Å²) in [6.07, 6.45) is 1.45. The Morgan fingerprint density at radius 1 is 1.21 bits per heavy atom. The number of carbonyl (C=O) groups excluding carboxylic acids is 2. The van der Waals surface area contributed by atoms with Gasteiger partial charge in [0.15, 0.2) is 0 Å². The van der Waals surface area contributed by atoms with Crippen LogP contribution in [0.5, 0.6) is 0 Å². The number of fused-ring (bicyclic) bond motifs is 1. The Morgan fingerprint density at radius 3 is 2.54 bits per heavy atom. The van der Waals surface area contributed by atoms with Crippen molar-refractivity contribution >= 4 is 57.3 Å². The molecule has 2 aromatic carbocycles. The molecular weight excluding hydrogens is 407 g/mol. The molecule has 0 fully saturated rings. The maximum Gasteiger partial charge on any atom is 0.270 e. The summed E-state index contributed by atoms with van der Waals surface area (Å²) in [5.74, 6) is -0.955. The zero-order valence-electron chi connectivity index (χ0n) is 14.5. The molecule has 0 unspecified atom stereocenters.